The molecule has 128 valence electrons. The van der Waals surface area contributed by atoms with Crippen molar-refractivity contribution in [1.82, 2.24) is 5.32 Å². The molecule has 1 N–H and O–H groups in total. The van der Waals surface area contributed by atoms with E-state index >= 15 is 0 Å². The minimum absolute atomic E-state index is 0.0109. The van der Waals surface area contributed by atoms with E-state index in [9.17, 15) is 9.18 Å². The van der Waals surface area contributed by atoms with Gasteiger partial charge in [0.1, 0.15) is 5.82 Å². The van der Waals surface area contributed by atoms with Crippen LogP contribution in [0.1, 0.15) is 40.8 Å². The van der Waals surface area contributed by atoms with E-state index < -0.39 is 0 Å². The van der Waals surface area contributed by atoms with Crippen LogP contribution >= 0.6 is 11.8 Å². The fourth-order valence-electron chi connectivity index (χ4n) is 2.65. The van der Waals surface area contributed by atoms with Crippen molar-refractivity contribution >= 4 is 17.7 Å². The van der Waals surface area contributed by atoms with Crippen LogP contribution < -0.4 is 5.32 Å². The zero-order valence-corrected chi connectivity index (χ0v) is 15.5. The van der Waals surface area contributed by atoms with Crippen LogP contribution in [0.4, 0.5) is 4.39 Å². The minimum atomic E-state index is -0.237. The normalized spacial score (nSPS) is 12.0. The number of hydrogen-bond donors (Lipinski definition) is 1. The Hall–Kier alpha value is -1.81. The second kappa shape index (κ2) is 8.34. The molecule has 0 aromatic heterocycles. The van der Waals surface area contributed by atoms with Crippen LogP contribution in [0, 0.1) is 26.6 Å². The third-order valence-electron chi connectivity index (χ3n) is 4.14. The Labute approximate surface area is 147 Å². The molecule has 0 aliphatic heterocycles. The van der Waals surface area contributed by atoms with E-state index in [1.807, 2.05) is 6.92 Å². The molecule has 0 heterocycles. The lowest BCUT2D eigenvalue weighted by Gasteiger charge is -2.18. The van der Waals surface area contributed by atoms with Gasteiger partial charge in [0.15, 0.2) is 0 Å². The highest BCUT2D eigenvalue weighted by Crippen LogP contribution is 2.22. The lowest BCUT2D eigenvalue weighted by molar-refractivity contribution is -0.119. The molecule has 0 fully saturated rings. The lowest BCUT2D eigenvalue weighted by Crippen LogP contribution is -2.28. The molecule has 0 bridgehead atoms. The van der Waals surface area contributed by atoms with E-state index in [0.717, 1.165) is 11.1 Å². The lowest BCUT2D eigenvalue weighted by atomic mass is 9.96. The van der Waals surface area contributed by atoms with Crippen molar-refractivity contribution in [2.24, 2.45) is 0 Å². The number of thioether (sulfide) groups is 1. The summed E-state index contributed by atoms with van der Waals surface area (Å²) in [5, 5.41) is 3.06. The predicted octanol–water partition coefficient (Wildman–Crippen LogP) is 4.86. The molecule has 0 unspecified atom stereocenters. The molecular formula is C20H24FNOS. The topological polar surface area (TPSA) is 29.1 Å². The second-order valence-electron chi connectivity index (χ2n) is 6.20. The average molecular weight is 345 g/mol. The van der Waals surface area contributed by atoms with Gasteiger partial charge >= 0.3 is 0 Å². The molecule has 2 aromatic carbocycles. The summed E-state index contributed by atoms with van der Waals surface area (Å²) in [5.41, 5.74) is 5.89. The zero-order chi connectivity index (χ0) is 17.7. The molecule has 2 rings (SSSR count). The van der Waals surface area contributed by atoms with Gasteiger partial charge in [0.25, 0.3) is 0 Å². The first-order valence-corrected chi connectivity index (χ1v) is 9.21. The molecule has 0 saturated heterocycles. The maximum atomic E-state index is 12.9. The molecule has 1 atom stereocenters. The highest BCUT2D eigenvalue weighted by molar-refractivity contribution is 7.99. The highest BCUT2D eigenvalue weighted by Gasteiger charge is 2.13. The maximum Gasteiger partial charge on any atom is 0.230 e. The molecule has 0 aliphatic carbocycles. The van der Waals surface area contributed by atoms with E-state index in [1.54, 1.807) is 12.1 Å². The largest absolute Gasteiger partial charge is 0.349 e. The first kappa shape index (κ1) is 18.5. The predicted molar refractivity (Wildman–Crippen MR) is 99.8 cm³/mol. The van der Waals surface area contributed by atoms with Gasteiger partial charge in [0.2, 0.25) is 5.91 Å². The van der Waals surface area contributed by atoms with Crippen LogP contribution in [0.25, 0.3) is 0 Å². The van der Waals surface area contributed by atoms with E-state index in [2.05, 4.69) is 38.2 Å². The smallest absolute Gasteiger partial charge is 0.230 e. The van der Waals surface area contributed by atoms with E-state index in [1.165, 1.54) is 40.6 Å². The molecule has 0 spiro atoms. The number of amides is 1. The van der Waals surface area contributed by atoms with Crippen molar-refractivity contribution in [3.63, 3.8) is 0 Å². The third kappa shape index (κ3) is 5.10. The SMILES string of the molecule is Cc1cc(C)c([C@H](C)NC(=O)CSCc2ccc(F)cc2)cc1C. The number of nitrogens with one attached hydrogen (secondary N) is 1. The Kier molecular flexibility index (Phi) is 6.44. The van der Waals surface area contributed by atoms with E-state index in [0.29, 0.717) is 11.5 Å². The van der Waals surface area contributed by atoms with Gasteiger partial charge in [0.05, 0.1) is 11.8 Å². The van der Waals surface area contributed by atoms with Crippen molar-refractivity contribution in [1.29, 1.82) is 0 Å². The highest BCUT2D eigenvalue weighted by atomic mass is 32.2. The second-order valence-corrected chi connectivity index (χ2v) is 7.19. The number of carbonyl (C=O) groups is 1. The molecule has 0 radical (unpaired) electrons. The molecule has 0 saturated carbocycles. The summed E-state index contributed by atoms with van der Waals surface area (Å²) in [5.74, 6) is 0.877. The monoisotopic (exact) mass is 345 g/mol. The van der Waals surface area contributed by atoms with Gasteiger partial charge in [0, 0.05) is 5.75 Å². The van der Waals surface area contributed by atoms with Crippen LogP contribution in [0.15, 0.2) is 36.4 Å². The van der Waals surface area contributed by atoms with Gasteiger partial charge in [-0.1, -0.05) is 24.3 Å². The Balaban J connectivity index is 1.85. The van der Waals surface area contributed by atoms with Crippen LogP contribution in [-0.2, 0) is 10.5 Å². The van der Waals surface area contributed by atoms with Crippen molar-refractivity contribution < 1.29 is 9.18 Å². The number of benzene rings is 2. The maximum absolute atomic E-state index is 12.9. The van der Waals surface area contributed by atoms with Crippen LogP contribution in [0.2, 0.25) is 0 Å². The molecule has 24 heavy (non-hydrogen) atoms. The number of rotatable bonds is 6. The summed E-state index contributed by atoms with van der Waals surface area (Å²) in [4.78, 5) is 12.1. The van der Waals surface area contributed by atoms with Gasteiger partial charge in [-0.2, -0.15) is 0 Å². The molecule has 4 heteroatoms. The molecule has 1 amide bonds. The van der Waals surface area contributed by atoms with Gasteiger partial charge < -0.3 is 5.32 Å². The van der Waals surface area contributed by atoms with Crippen LogP contribution in [0.3, 0.4) is 0 Å². The summed E-state index contributed by atoms with van der Waals surface area (Å²) in [6, 6.07) is 10.7. The summed E-state index contributed by atoms with van der Waals surface area (Å²) < 4.78 is 12.9. The van der Waals surface area contributed by atoms with E-state index in [4.69, 9.17) is 0 Å². The molecule has 2 nitrogen and oxygen atoms in total. The summed E-state index contributed by atoms with van der Waals surface area (Å²) in [6.07, 6.45) is 0. The Morgan fingerprint density at radius 1 is 1.08 bits per heavy atom. The van der Waals surface area contributed by atoms with Crippen LogP contribution in [-0.4, -0.2) is 11.7 Å². The Morgan fingerprint density at radius 2 is 1.71 bits per heavy atom. The van der Waals surface area contributed by atoms with Gasteiger partial charge in [-0.25, -0.2) is 4.39 Å². The number of halogens is 1. The average Bonchev–Trinajstić information content (AvgIpc) is 2.52. The number of hydrogen-bond acceptors (Lipinski definition) is 2. The fraction of sp³-hybridized carbons (Fsp3) is 0.350. The first-order valence-electron chi connectivity index (χ1n) is 8.06. The van der Waals surface area contributed by atoms with Crippen LogP contribution in [0.5, 0.6) is 0 Å². The van der Waals surface area contributed by atoms with Crippen molar-refractivity contribution in [3.8, 4) is 0 Å². The zero-order valence-electron chi connectivity index (χ0n) is 14.7. The quantitative estimate of drug-likeness (QED) is 0.810. The molecular weight excluding hydrogens is 321 g/mol. The summed E-state index contributed by atoms with van der Waals surface area (Å²) in [6.45, 7) is 8.28. The van der Waals surface area contributed by atoms with Crippen molar-refractivity contribution in [2.75, 3.05) is 5.75 Å². The van der Waals surface area contributed by atoms with Gasteiger partial charge in [-0.3, -0.25) is 4.79 Å². The summed E-state index contributed by atoms with van der Waals surface area (Å²) in [7, 11) is 0. The minimum Gasteiger partial charge on any atom is -0.349 e. The number of carbonyl (C=O) groups excluding carboxylic acids is 1. The first-order chi connectivity index (χ1) is 11.4. The van der Waals surface area contributed by atoms with Gasteiger partial charge in [-0.05, 0) is 67.6 Å². The van der Waals surface area contributed by atoms with Crippen molar-refractivity contribution in [2.45, 2.75) is 39.5 Å². The number of aryl methyl sites for hydroxylation is 3. The van der Waals surface area contributed by atoms with E-state index in [-0.39, 0.29) is 17.8 Å². The standard InChI is InChI=1S/C20H24FNOS/c1-13-9-15(3)19(10-14(13)2)16(4)22-20(23)12-24-11-17-5-7-18(21)8-6-17/h5-10,16H,11-12H2,1-4H3,(H,22,23)/t16-/m0/s1. The summed E-state index contributed by atoms with van der Waals surface area (Å²) >= 11 is 1.53. The van der Waals surface area contributed by atoms with Gasteiger partial charge in [-0.15, -0.1) is 11.8 Å². The Bertz CT molecular complexity index is 712. The molecule has 2 aromatic rings. The molecule has 0 aliphatic rings. The van der Waals surface area contributed by atoms with Crippen molar-refractivity contribution in [3.05, 3.63) is 70.0 Å². The third-order valence-corrected chi connectivity index (χ3v) is 5.15. The Morgan fingerprint density at radius 3 is 2.38 bits per heavy atom. The fourth-order valence-corrected chi connectivity index (χ4v) is 3.45.